The van der Waals surface area contributed by atoms with Gasteiger partial charge in [0.2, 0.25) is 10.0 Å². The molecule has 148 valence electrons. The quantitative estimate of drug-likeness (QED) is 0.715. The lowest BCUT2D eigenvalue weighted by Gasteiger charge is -2.35. The van der Waals surface area contributed by atoms with Crippen molar-refractivity contribution in [1.82, 2.24) is 9.03 Å². The summed E-state index contributed by atoms with van der Waals surface area (Å²) in [5.74, 6) is 0. The summed E-state index contributed by atoms with van der Waals surface area (Å²) >= 11 is 5.69. The largest absolute Gasteiger partial charge is 0.511 e. The predicted octanol–water partition coefficient (Wildman–Crippen LogP) is 2.27. The molecule has 1 aromatic rings. The molecule has 0 radical (unpaired) electrons. The van der Waals surface area contributed by atoms with Crippen molar-refractivity contribution in [3.63, 3.8) is 0 Å². The van der Waals surface area contributed by atoms with Gasteiger partial charge in [-0.05, 0) is 37.1 Å². The molecule has 1 aromatic carbocycles. The topological polar surface area (TPSA) is 83.6 Å². The van der Waals surface area contributed by atoms with Crippen LogP contribution in [0.5, 0.6) is 0 Å². The van der Waals surface area contributed by atoms with Crippen LogP contribution in [0.4, 0.5) is 17.6 Å². The van der Waals surface area contributed by atoms with Gasteiger partial charge in [-0.2, -0.15) is 17.5 Å². The van der Waals surface area contributed by atoms with Crippen molar-refractivity contribution in [2.75, 3.05) is 19.6 Å². The van der Waals surface area contributed by atoms with Crippen LogP contribution in [0.3, 0.4) is 0 Å². The molecular formula is C13H15ClF4N2O4S2. The van der Waals surface area contributed by atoms with Crippen molar-refractivity contribution >= 4 is 31.6 Å². The second-order valence-electron chi connectivity index (χ2n) is 5.78. The summed E-state index contributed by atoms with van der Waals surface area (Å²) in [5, 5.41) is 0.335. The Morgan fingerprint density at radius 1 is 1.08 bits per heavy atom. The molecule has 1 N–H and O–H groups in total. The van der Waals surface area contributed by atoms with E-state index < -0.39 is 50.6 Å². The zero-order valence-corrected chi connectivity index (χ0v) is 15.5. The molecule has 1 aliphatic rings. The lowest BCUT2D eigenvalue weighted by molar-refractivity contribution is -0.0452. The molecule has 2 rings (SSSR count). The number of benzene rings is 1. The van der Waals surface area contributed by atoms with Crippen LogP contribution in [-0.2, 0) is 20.0 Å². The first-order valence-electron chi connectivity index (χ1n) is 7.27. The Morgan fingerprint density at radius 2 is 1.58 bits per heavy atom. The van der Waals surface area contributed by atoms with Gasteiger partial charge in [-0.3, -0.25) is 0 Å². The molecule has 0 amide bonds. The molecule has 0 aromatic heterocycles. The fraction of sp³-hybridized carbons (Fsp3) is 0.538. The van der Waals surface area contributed by atoms with Gasteiger partial charge in [0.25, 0.3) is 0 Å². The minimum Gasteiger partial charge on any atom is -0.242 e. The third kappa shape index (κ3) is 4.66. The first-order chi connectivity index (χ1) is 11.8. The number of sulfonamides is 2. The molecule has 1 aliphatic heterocycles. The van der Waals surface area contributed by atoms with Gasteiger partial charge in [-0.1, -0.05) is 11.6 Å². The Hall–Kier alpha value is -0.950. The van der Waals surface area contributed by atoms with E-state index in [1.165, 1.54) is 29.0 Å². The normalized spacial score (nSPS) is 19.4. The molecule has 0 saturated carbocycles. The van der Waals surface area contributed by atoms with Crippen molar-refractivity contribution in [2.24, 2.45) is 0 Å². The number of nitrogens with one attached hydrogen (secondary N) is 1. The molecule has 13 heteroatoms. The van der Waals surface area contributed by atoms with E-state index in [9.17, 15) is 34.4 Å². The van der Waals surface area contributed by atoms with Gasteiger partial charge < -0.3 is 0 Å². The molecule has 26 heavy (non-hydrogen) atoms. The van der Waals surface area contributed by atoms with Gasteiger partial charge in [-0.15, -0.1) is 0 Å². The molecule has 1 saturated heterocycles. The van der Waals surface area contributed by atoms with Gasteiger partial charge in [-0.25, -0.2) is 25.9 Å². The second kappa shape index (κ2) is 7.23. The van der Waals surface area contributed by atoms with E-state index >= 15 is 0 Å². The Balaban J connectivity index is 2.03. The van der Waals surface area contributed by atoms with Crippen LogP contribution in [0.15, 0.2) is 29.2 Å². The highest BCUT2D eigenvalue weighted by molar-refractivity contribution is 7.90. The molecule has 6 nitrogen and oxygen atoms in total. The maximum atomic E-state index is 14.6. The molecule has 0 spiro atoms. The third-order valence-corrected chi connectivity index (χ3v) is 7.25. The number of nitrogens with zero attached hydrogens (tertiary/aromatic N) is 1. The van der Waals surface area contributed by atoms with Crippen molar-refractivity contribution in [1.29, 1.82) is 0 Å². The fourth-order valence-electron chi connectivity index (χ4n) is 2.37. The number of hydrogen-bond acceptors (Lipinski definition) is 4. The molecule has 1 heterocycles. The van der Waals surface area contributed by atoms with E-state index in [1.807, 2.05) is 0 Å². The summed E-state index contributed by atoms with van der Waals surface area (Å²) in [6, 6.07) is 5.33. The molecular weight excluding hydrogens is 424 g/mol. The van der Waals surface area contributed by atoms with Crippen LogP contribution in [0.2, 0.25) is 5.02 Å². The first kappa shape index (κ1) is 21.4. The Bertz CT molecular complexity index is 849. The lowest BCUT2D eigenvalue weighted by atomic mass is 9.95. The fourth-order valence-corrected chi connectivity index (χ4v) is 4.55. The van der Waals surface area contributed by atoms with E-state index in [1.54, 1.807) is 0 Å². The van der Waals surface area contributed by atoms with E-state index in [2.05, 4.69) is 0 Å². The van der Waals surface area contributed by atoms with Crippen molar-refractivity contribution < 1.29 is 34.4 Å². The minimum atomic E-state index is -5.66. The standard InChI is InChI=1S/C13H15ClF4N2O4S2/c14-10-1-3-11(4-2-10)25(21,22)20-7-5-12(15,6-8-20)9-19-26(23,24)13(16,17)18/h1-4,19H,5-9H2. The average Bonchev–Trinajstić information content (AvgIpc) is 2.53. The molecule has 0 unspecified atom stereocenters. The van der Waals surface area contributed by atoms with E-state index in [0.717, 1.165) is 4.31 Å². The molecule has 0 atom stereocenters. The monoisotopic (exact) mass is 438 g/mol. The van der Waals surface area contributed by atoms with Crippen LogP contribution in [0.1, 0.15) is 12.8 Å². The van der Waals surface area contributed by atoms with Gasteiger partial charge in [0.05, 0.1) is 4.90 Å². The number of rotatable bonds is 5. The Labute approximate surface area is 153 Å². The summed E-state index contributed by atoms with van der Waals surface area (Å²) in [6.45, 7) is -1.67. The van der Waals surface area contributed by atoms with Crippen molar-refractivity contribution in [2.45, 2.75) is 28.9 Å². The highest BCUT2D eigenvalue weighted by Gasteiger charge is 2.48. The van der Waals surface area contributed by atoms with Crippen molar-refractivity contribution in [3.8, 4) is 0 Å². The number of alkyl halides is 4. The summed E-state index contributed by atoms with van der Waals surface area (Å²) in [7, 11) is -9.56. The van der Waals surface area contributed by atoms with Crippen LogP contribution in [0.25, 0.3) is 0 Å². The number of piperidine rings is 1. The highest BCUT2D eigenvalue weighted by atomic mass is 35.5. The van der Waals surface area contributed by atoms with Gasteiger partial charge in [0.15, 0.2) is 0 Å². The van der Waals surface area contributed by atoms with E-state index in [4.69, 9.17) is 11.6 Å². The first-order valence-corrected chi connectivity index (χ1v) is 10.6. The van der Waals surface area contributed by atoms with Gasteiger partial charge in [0, 0.05) is 24.7 Å². The van der Waals surface area contributed by atoms with Gasteiger partial charge >= 0.3 is 15.5 Å². The zero-order valence-electron chi connectivity index (χ0n) is 13.1. The third-order valence-electron chi connectivity index (χ3n) is 3.95. The molecule has 0 aliphatic carbocycles. The Kier molecular flexibility index (Phi) is 5.93. The van der Waals surface area contributed by atoms with Gasteiger partial charge in [0.1, 0.15) is 5.67 Å². The van der Waals surface area contributed by atoms with E-state index in [-0.39, 0.29) is 18.0 Å². The summed E-state index contributed by atoms with van der Waals surface area (Å²) in [5.41, 5.74) is -7.81. The van der Waals surface area contributed by atoms with Crippen LogP contribution in [0, 0.1) is 0 Å². The summed E-state index contributed by atoms with van der Waals surface area (Å²) < 4.78 is 100. The number of halogens is 5. The summed E-state index contributed by atoms with van der Waals surface area (Å²) in [6.07, 6.45) is -0.888. The maximum Gasteiger partial charge on any atom is 0.511 e. The SMILES string of the molecule is O=S(=O)(c1ccc(Cl)cc1)N1CCC(F)(CNS(=O)(=O)C(F)(F)F)CC1. The minimum absolute atomic E-state index is 0.0500. The van der Waals surface area contributed by atoms with Crippen LogP contribution in [-0.4, -0.2) is 52.0 Å². The maximum absolute atomic E-state index is 14.6. The predicted molar refractivity (Wildman–Crippen MR) is 86.3 cm³/mol. The lowest BCUT2D eigenvalue weighted by Crippen LogP contribution is -2.51. The second-order valence-corrected chi connectivity index (χ2v) is 9.91. The Morgan fingerprint density at radius 3 is 2.04 bits per heavy atom. The van der Waals surface area contributed by atoms with Crippen LogP contribution >= 0.6 is 11.6 Å². The summed E-state index contributed by atoms with van der Waals surface area (Å²) in [4.78, 5) is -0.0500. The van der Waals surface area contributed by atoms with Crippen LogP contribution < -0.4 is 4.72 Å². The number of hydrogen-bond donors (Lipinski definition) is 1. The molecule has 1 fully saturated rings. The highest BCUT2D eigenvalue weighted by Crippen LogP contribution is 2.31. The molecule has 0 bridgehead atoms. The van der Waals surface area contributed by atoms with Crippen molar-refractivity contribution in [3.05, 3.63) is 29.3 Å². The average molecular weight is 439 g/mol. The van der Waals surface area contributed by atoms with E-state index in [0.29, 0.717) is 5.02 Å². The zero-order chi connectivity index (χ0) is 19.8. The smallest absolute Gasteiger partial charge is 0.242 e.